The molecule has 7 heteroatoms. The lowest BCUT2D eigenvalue weighted by molar-refractivity contribution is 0.192. The van der Waals surface area contributed by atoms with Gasteiger partial charge in [0.2, 0.25) is 0 Å². The van der Waals surface area contributed by atoms with Crippen molar-refractivity contribution in [3.05, 3.63) is 64.7 Å². The highest BCUT2D eigenvalue weighted by atomic mass is 16.5. The third-order valence-corrected chi connectivity index (χ3v) is 4.97. The van der Waals surface area contributed by atoms with Crippen LogP contribution < -0.4 is 15.6 Å². The summed E-state index contributed by atoms with van der Waals surface area (Å²) < 4.78 is 6.84. The van der Waals surface area contributed by atoms with E-state index in [4.69, 9.17) is 9.72 Å². The number of nitrogens with zero attached hydrogens (tertiary/aromatic N) is 3. The third-order valence-electron chi connectivity index (χ3n) is 4.97. The number of rotatable bonds is 6. The molecule has 0 saturated heterocycles. The summed E-state index contributed by atoms with van der Waals surface area (Å²) in [6, 6.07) is 13.8. The van der Waals surface area contributed by atoms with Gasteiger partial charge in [0.1, 0.15) is 11.6 Å². The number of anilines is 1. The standard InChI is InChI=1S/C22H26N4O3/c1-5-25(22(28)23-16-10-9-11-17(14-16)29-4)15(3)20-24-19-13-8-7-12-18(19)21(27)26(20)6-2/h7-15H,5-6H2,1-4H3,(H,23,28). The summed E-state index contributed by atoms with van der Waals surface area (Å²) >= 11 is 0. The summed E-state index contributed by atoms with van der Waals surface area (Å²) in [7, 11) is 1.58. The molecule has 0 saturated carbocycles. The average Bonchev–Trinajstić information content (AvgIpc) is 2.74. The number of amides is 2. The number of urea groups is 1. The molecule has 1 heterocycles. The fourth-order valence-corrected chi connectivity index (χ4v) is 3.44. The molecule has 0 aliphatic heterocycles. The first-order chi connectivity index (χ1) is 14.0. The van der Waals surface area contributed by atoms with Crippen molar-refractivity contribution in [1.82, 2.24) is 14.5 Å². The quantitative estimate of drug-likeness (QED) is 0.685. The second kappa shape index (κ2) is 8.77. The van der Waals surface area contributed by atoms with Crippen LogP contribution in [0.4, 0.5) is 10.5 Å². The Kier molecular flexibility index (Phi) is 6.16. The van der Waals surface area contributed by atoms with Crippen LogP contribution in [-0.4, -0.2) is 34.1 Å². The summed E-state index contributed by atoms with van der Waals surface area (Å²) in [6.45, 7) is 6.63. The van der Waals surface area contributed by atoms with Crippen LogP contribution in [0.1, 0.15) is 32.6 Å². The zero-order valence-electron chi connectivity index (χ0n) is 17.2. The van der Waals surface area contributed by atoms with Crippen molar-refractivity contribution in [3.63, 3.8) is 0 Å². The van der Waals surface area contributed by atoms with E-state index in [9.17, 15) is 9.59 Å². The van der Waals surface area contributed by atoms with Crippen LogP contribution in [0, 0.1) is 0 Å². The smallest absolute Gasteiger partial charge is 0.322 e. The lowest BCUT2D eigenvalue weighted by Gasteiger charge is -2.29. The van der Waals surface area contributed by atoms with Gasteiger partial charge in [-0.05, 0) is 45.0 Å². The van der Waals surface area contributed by atoms with E-state index in [0.29, 0.717) is 41.3 Å². The molecule has 2 amide bonds. The fourth-order valence-electron chi connectivity index (χ4n) is 3.44. The molecule has 1 N–H and O–H groups in total. The molecule has 0 fully saturated rings. The number of fused-ring (bicyclic) bond motifs is 1. The van der Waals surface area contributed by atoms with Crippen LogP contribution in [0.15, 0.2) is 53.3 Å². The minimum absolute atomic E-state index is 0.0933. The number of carbonyl (C=O) groups is 1. The molecule has 0 bridgehead atoms. The molecular formula is C22H26N4O3. The number of para-hydroxylation sites is 1. The first-order valence-electron chi connectivity index (χ1n) is 9.71. The van der Waals surface area contributed by atoms with Gasteiger partial charge in [-0.3, -0.25) is 9.36 Å². The van der Waals surface area contributed by atoms with Gasteiger partial charge in [-0.1, -0.05) is 18.2 Å². The molecule has 29 heavy (non-hydrogen) atoms. The Hall–Kier alpha value is -3.35. The Morgan fingerprint density at radius 2 is 1.97 bits per heavy atom. The van der Waals surface area contributed by atoms with Crippen molar-refractivity contribution >= 4 is 22.6 Å². The average molecular weight is 394 g/mol. The summed E-state index contributed by atoms with van der Waals surface area (Å²) in [5, 5.41) is 3.48. The monoisotopic (exact) mass is 394 g/mol. The molecule has 2 aromatic carbocycles. The van der Waals surface area contributed by atoms with Crippen LogP contribution in [-0.2, 0) is 6.54 Å². The van der Waals surface area contributed by atoms with Crippen molar-refractivity contribution in [1.29, 1.82) is 0 Å². The lowest BCUT2D eigenvalue weighted by Crippen LogP contribution is -2.40. The van der Waals surface area contributed by atoms with Gasteiger partial charge in [0.15, 0.2) is 0 Å². The summed E-state index contributed by atoms with van der Waals surface area (Å²) in [5.41, 5.74) is 1.18. The summed E-state index contributed by atoms with van der Waals surface area (Å²) in [6.07, 6.45) is 0. The Labute approximate surface area is 169 Å². The van der Waals surface area contributed by atoms with E-state index < -0.39 is 0 Å². The predicted molar refractivity (Wildman–Crippen MR) is 114 cm³/mol. The maximum absolute atomic E-state index is 13.0. The number of methoxy groups -OCH3 is 1. The molecule has 1 atom stereocenters. The maximum atomic E-state index is 13.0. The van der Waals surface area contributed by atoms with Gasteiger partial charge in [-0.25, -0.2) is 9.78 Å². The van der Waals surface area contributed by atoms with Crippen molar-refractivity contribution in [3.8, 4) is 5.75 Å². The van der Waals surface area contributed by atoms with Crippen molar-refractivity contribution in [2.45, 2.75) is 33.4 Å². The highest BCUT2D eigenvalue weighted by Gasteiger charge is 2.25. The Balaban J connectivity index is 1.95. The number of nitrogens with one attached hydrogen (secondary N) is 1. The van der Waals surface area contributed by atoms with E-state index in [1.165, 1.54) is 0 Å². The van der Waals surface area contributed by atoms with E-state index in [2.05, 4.69) is 5.32 Å². The molecule has 0 radical (unpaired) electrons. The number of carbonyl (C=O) groups excluding carboxylic acids is 1. The second-order valence-electron chi connectivity index (χ2n) is 6.66. The lowest BCUT2D eigenvalue weighted by atomic mass is 10.2. The first-order valence-corrected chi connectivity index (χ1v) is 9.71. The van der Waals surface area contributed by atoms with E-state index in [1.54, 1.807) is 34.8 Å². The van der Waals surface area contributed by atoms with Gasteiger partial charge in [0.05, 0.1) is 24.1 Å². The molecule has 3 rings (SSSR count). The fraction of sp³-hybridized carbons (Fsp3) is 0.318. The molecule has 3 aromatic rings. The molecular weight excluding hydrogens is 368 g/mol. The Morgan fingerprint density at radius 1 is 1.21 bits per heavy atom. The molecule has 152 valence electrons. The maximum Gasteiger partial charge on any atom is 0.322 e. The highest BCUT2D eigenvalue weighted by Crippen LogP contribution is 2.22. The number of hydrogen-bond donors (Lipinski definition) is 1. The van der Waals surface area contributed by atoms with Gasteiger partial charge in [0, 0.05) is 24.8 Å². The Bertz CT molecular complexity index is 1080. The SMILES string of the molecule is CCN(C(=O)Nc1cccc(OC)c1)C(C)c1nc2ccccc2c(=O)n1CC. The topological polar surface area (TPSA) is 76.5 Å². The van der Waals surface area contributed by atoms with E-state index in [1.807, 2.05) is 51.1 Å². The van der Waals surface area contributed by atoms with Gasteiger partial charge in [-0.15, -0.1) is 0 Å². The van der Waals surface area contributed by atoms with Gasteiger partial charge in [0.25, 0.3) is 5.56 Å². The van der Waals surface area contributed by atoms with Crippen LogP contribution >= 0.6 is 0 Å². The van der Waals surface area contributed by atoms with E-state index in [-0.39, 0.29) is 17.6 Å². The van der Waals surface area contributed by atoms with Crippen molar-refractivity contribution in [2.24, 2.45) is 0 Å². The van der Waals surface area contributed by atoms with Gasteiger partial charge >= 0.3 is 6.03 Å². The zero-order chi connectivity index (χ0) is 21.0. The van der Waals surface area contributed by atoms with Gasteiger partial charge in [-0.2, -0.15) is 0 Å². The first kappa shape index (κ1) is 20.4. The Morgan fingerprint density at radius 3 is 2.66 bits per heavy atom. The molecule has 0 aliphatic carbocycles. The van der Waals surface area contributed by atoms with Crippen LogP contribution in [0.25, 0.3) is 10.9 Å². The minimum atomic E-state index is -0.386. The number of benzene rings is 2. The largest absolute Gasteiger partial charge is 0.497 e. The third kappa shape index (κ3) is 4.08. The molecule has 0 aliphatic rings. The number of hydrogen-bond acceptors (Lipinski definition) is 4. The van der Waals surface area contributed by atoms with Crippen LogP contribution in [0.2, 0.25) is 0 Å². The molecule has 1 unspecified atom stereocenters. The second-order valence-corrected chi connectivity index (χ2v) is 6.66. The van der Waals surface area contributed by atoms with E-state index >= 15 is 0 Å². The van der Waals surface area contributed by atoms with Crippen molar-refractivity contribution in [2.75, 3.05) is 19.0 Å². The number of ether oxygens (including phenoxy) is 1. The van der Waals surface area contributed by atoms with E-state index in [0.717, 1.165) is 0 Å². The molecule has 7 nitrogen and oxygen atoms in total. The molecule has 0 spiro atoms. The number of aromatic nitrogens is 2. The summed E-state index contributed by atoms with van der Waals surface area (Å²) in [4.78, 5) is 32.3. The molecule has 1 aromatic heterocycles. The highest BCUT2D eigenvalue weighted by molar-refractivity contribution is 5.89. The van der Waals surface area contributed by atoms with Crippen molar-refractivity contribution < 1.29 is 9.53 Å². The van der Waals surface area contributed by atoms with Crippen LogP contribution in [0.3, 0.4) is 0 Å². The minimum Gasteiger partial charge on any atom is -0.497 e. The van der Waals surface area contributed by atoms with Crippen LogP contribution in [0.5, 0.6) is 5.75 Å². The van der Waals surface area contributed by atoms with Gasteiger partial charge < -0.3 is 15.0 Å². The zero-order valence-corrected chi connectivity index (χ0v) is 17.2. The predicted octanol–water partition coefficient (Wildman–Crippen LogP) is 4.04. The normalized spacial score (nSPS) is 11.9. The summed E-state index contributed by atoms with van der Waals surface area (Å²) in [5.74, 6) is 1.23.